The van der Waals surface area contributed by atoms with Gasteiger partial charge in [-0.3, -0.25) is 0 Å². The van der Waals surface area contributed by atoms with Crippen LogP contribution in [0.3, 0.4) is 0 Å². The first kappa shape index (κ1) is 10.0. The Hall–Kier alpha value is -0.520. The molecule has 0 amide bonds. The molecule has 0 aliphatic heterocycles. The van der Waals surface area contributed by atoms with E-state index >= 15 is 0 Å². The number of nitrogens with zero attached hydrogens (tertiary/aromatic N) is 2. The van der Waals surface area contributed by atoms with Gasteiger partial charge in [0.25, 0.3) is 0 Å². The predicted molar refractivity (Wildman–Crippen MR) is 58.0 cm³/mol. The Labute approximate surface area is 97.0 Å². The second-order valence-electron chi connectivity index (χ2n) is 2.47. The molecular formula is C8H3BrClFN2S. The molecule has 0 bridgehead atoms. The van der Waals surface area contributed by atoms with Gasteiger partial charge in [0, 0.05) is 5.56 Å². The van der Waals surface area contributed by atoms with Crippen LogP contribution in [0.25, 0.3) is 10.6 Å². The summed E-state index contributed by atoms with van der Waals surface area (Å²) in [7, 11) is 0. The van der Waals surface area contributed by atoms with Crippen LogP contribution in [0.5, 0.6) is 0 Å². The lowest BCUT2D eigenvalue weighted by Gasteiger charge is -1.99. The monoisotopic (exact) mass is 292 g/mol. The van der Waals surface area contributed by atoms with Crippen LogP contribution in [0.15, 0.2) is 22.7 Å². The van der Waals surface area contributed by atoms with Gasteiger partial charge in [-0.15, -0.1) is 0 Å². The maximum atomic E-state index is 13.1. The number of rotatable bonds is 1. The predicted octanol–water partition coefficient (Wildman–Crippen LogP) is 3.76. The molecule has 1 aromatic carbocycles. The zero-order chi connectivity index (χ0) is 10.1. The summed E-state index contributed by atoms with van der Waals surface area (Å²) in [5, 5.41) is 0.780. The van der Waals surface area contributed by atoms with Gasteiger partial charge in [0.1, 0.15) is 10.8 Å². The normalized spacial score (nSPS) is 10.5. The standard InChI is InChI=1S/C8H3BrClFN2S/c9-6-4(2-1-3-5(6)11)7-12-8(10)13-14-7/h1-3H. The molecule has 2 rings (SSSR count). The molecule has 0 atom stereocenters. The maximum absolute atomic E-state index is 13.1. The second kappa shape index (κ2) is 3.92. The van der Waals surface area contributed by atoms with Crippen LogP contribution >= 0.6 is 39.1 Å². The minimum absolute atomic E-state index is 0.182. The van der Waals surface area contributed by atoms with Gasteiger partial charge in [0.15, 0.2) is 0 Å². The molecule has 2 aromatic rings. The summed E-state index contributed by atoms with van der Waals surface area (Å²) in [4.78, 5) is 3.96. The molecule has 0 spiro atoms. The molecule has 72 valence electrons. The molecule has 6 heteroatoms. The minimum atomic E-state index is -0.325. The van der Waals surface area contributed by atoms with E-state index in [1.54, 1.807) is 12.1 Å². The fraction of sp³-hybridized carbons (Fsp3) is 0. The molecule has 1 aromatic heterocycles. The molecule has 0 N–H and O–H groups in total. The first-order valence-corrected chi connectivity index (χ1v) is 5.56. The van der Waals surface area contributed by atoms with Gasteiger partial charge in [-0.05, 0) is 45.1 Å². The van der Waals surface area contributed by atoms with Gasteiger partial charge in [-0.1, -0.05) is 12.1 Å². The molecule has 0 radical (unpaired) electrons. The van der Waals surface area contributed by atoms with E-state index in [0.29, 0.717) is 15.0 Å². The number of hydrogen-bond acceptors (Lipinski definition) is 3. The van der Waals surface area contributed by atoms with Crippen LogP contribution in [0, 0.1) is 5.82 Å². The molecule has 0 saturated heterocycles. The molecule has 0 unspecified atom stereocenters. The van der Waals surface area contributed by atoms with Gasteiger partial charge >= 0.3 is 0 Å². The zero-order valence-electron chi connectivity index (χ0n) is 6.67. The lowest BCUT2D eigenvalue weighted by atomic mass is 10.2. The van der Waals surface area contributed by atoms with E-state index in [2.05, 4.69) is 25.3 Å². The van der Waals surface area contributed by atoms with Crippen molar-refractivity contribution in [2.45, 2.75) is 0 Å². The number of halogens is 3. The van der Waals surface area contributed by atoms with E-state index in [0.717, 1.165) is 11.5 Å². The van der Waals surface area contributed by atoms with Crippen molar-refractivity contribution in [2.24, 2.45) is 0 Å². The highest BCUT2D eigenvalue weighted by Gasteiger charge is 2.11. The first-order chi connectivity index (χ1) is 6.68. The van der Waals surface area contributed by atoms with Crippen LogP contribution in [-0.4, -0.2) is 9.36 Å². The van der Waals surface area contributed by atoms with Gasteiger partial charge in [0.2, 0.25) is 5.28 Å². The van der Waals surface area contributed by atoms with E-state index in [-0.39, 0.29) is 11.1 Å². The highest BCUT2D eigenvalue weighted by Crippen LogP contribution is 2.31. The van der Waals surface area contributed by atoms with Crippen molar-refractivity contribution in [1.29, 1.82) is 0 Å². The molecule has 0 aliphatic rings. The molecule has 0 saturated carbocycles. The van der Waals surface area contributed by atoms with Gasteiger partial charge in [-0.2, -0.15) is 4.37 Å². The van der Waals surface area contributed by atoms with Crippen LogP contribution in [0.2, 0.25) is 5.28 Å². The van der Waals surface area contributed by atoms with Crippen molar-refractivity contribution in [3.8, 4) is 10.6 Å². The van der Waals surface area contributed by atoms with Gasteiger partial charge < -0.3 is 0 Å². The number of hydrogen-bond donors (Lipinski definition) is 0. The van der Waals surface area contributed by atoms with Crippen molar-refractivity contribution in [1.82, 2.24) is 9.36 Å². The van der Waals surface area contributed by atoms with E-state index in [1.807, 2.05) is 0 Å². The van der Waals surface area contributed by atoms with Crippen molar-refractivity contribution in [3.63, 3.8) is 0 Å². The van der Waals surface area contributed by atoms with Crippen LogP contribution in [-0.2, 0) is 0 Å². The van der Waals surface area contributed by atoms with Crippen LogP contribution in [0.1, 0.15) is 0 Å². The Morgan fingerprint density at radius 1 is 1.43 bits per heavy atom. The molecule has 14 heavy (non-hydrogen) atoms. The molecule has 0 aliphatic carbocycles. The summed E-state index contributed by atoms with van der Waals surface area (Å²) in [6.45, 7) is 0. The summed E-state index contributed by atoms with van der Waals surface area (Å²) in [5.74, 6) is -0.325. The van der Waals surface area contributed by atoms with Crippen molar-refractivity contribution in [2.75, 3.05) is 0 Å². The van der Waals surface area contributed by atoms with Crippen LogP contribution < -0.4 is 0 Å². The van der Waals surface area contributed by atoms with E-state index in [4.69, 9.17) is 11.6 Å². The highest BCUT2D eigenvalue weighted by atomic mass is 79.9. The summed E-state index contributed by atoms with van der Waals surface area (Å²) in [5.41, 5.74) is 0.661. The Morgan fingerprint density at radius 3 is 2.86 bits per heavy atom. The fourth-order valence-electron chi connectivity index (χ4n) is 0.984. The fourth-order valence-corrected chi connectivity index (χ4v) is 2.40. The highest BCUT2D eigenvalue weighted by molar-refractivity contribution is 9.10. The SMILES string of the molecule is Fc1cccc(-c2nc(Cl)ns2)c1Br. The van der Waals surface area contributed by atoms with Crippen molar-refractivity contribution in [3.05, 3.63) is 33.8 Å². The zero-order valence-corrected chi connectivity index (χ0v) is 9.83. The Bertz CT molecular complexity index is 474. The Morgan fingerprint density at radius 2 is 2.21 bits per heavy atom. The topological polar surface area (TPSA) is 25.8 Å². The van der Waals surface area contributed by atoms with E-state index < -0.39 is 0 Å². The summed E-state index contributed by atoms with van der Waals surface area (Å²) in [6, 6.07) is 4.74. The quantitative estimate of drug-likeness (QED) is 0.800. The Balaban J connectivity index is 2.57. The second-order valence-corrected chi connectivity index (χ2v) is 4.35. The lowest BCUT2D eigenvalue weighted by Crippen LogP contribution is -1.82. The number of aromatic nitrogens is 2. The average molecular weight is 294 g/mol. The lowest BCUT2D eigenvalue weighted by molar-refractivity contribution is 0.622. The summed E-state index contributed by atoms with van der Waals surface area (Å²) >= 11 is 9.86. The molecular weight excluding hydrogens is 291 g/mol. The third-order valence-electron chi connectivity index (χ3n) is 1.58. The van der Waals surface area contributed by atoms with E-state index in [1.165, 1.54) is 6.07 Å². The molecule has 0 fully saturated rings. The van der Waals surface area contributed by atoms with Crippen LogP contribution in [0.4, 0.5) is 4.39 Å². The van der Waals surface area contributed by atoms with Gasteiger partial charge in [-0.25, -0.2) is 9.37 Å². The largest absolute Gasteiger partial charge is 0.234 e. The third-order valence-corrected chi connectivity index (χ3v) is 3.41. The summed E-state index contributed by atoms with van der Waals surface area (Å²) in [6.07, 6.45) is 0. The van der Waals surface area contributed by atoms with E-state index in [9.17, 15) is 4.39 Å². The minimum Gasteiger partial charge on any atom is -0.206 e. The smallest absolute Gasteiger partial charge is 0.206 e. The van der Waals surface area contributed by atoms with Crippen molar-refractivity contribution >= 4 is 39.1 Å². The van der Waals surface area contributed by atoms with Crippen molar-refractivity contribution < 1.29 is 4.39 Å². The maximum Gasteiger partial charge on any atom is 0.234 e. The van der Waals surface area contributed by atoms with Gasteiger partial charge in [0.05, 0.1) is 4.47 Å². The first-order valence-electron chi connectivity index (χ1n) is 3.62. The third kappa shape index (κ3) is 1.80. The summed E-state index contributed by atoms with van der Waals surface area (Å²) < 4.78 is 17.3. The number of benzene rings is 1. The Kier molecular flexibility index (Phi) is 2.80. The molecule has 2 nitrogen and oxygen atoms in total. The average Bonchev–Trinajstić information content (AvgIpc) is 2.57. The molecule has 1 heterocycles.